The minimum absolute atomic E-state index is 0.0194. The van der Waals surface area contributed by atoms with Crippen molar-refractivity contribution in [3.63, 3.8) is 0 Å². The fraction of sp³-hybridized carbons (Fsp3) is 0.179. The number of fused-ring (bicyclic) bond motifs is 4. The molecule has 10 rings (SSSR count). The van der Waals surface area contributed by atoms with E-state index in [2.05, 4.69) is 196 Å². The summed E-state index contributed by atoms with van der Waals surface area (Å²) >= 11 is 0. The summed E-state index contributed by atoms with van der Waals surface area (Å²) in [5.41, 5.74) is 15.1. The Balaban J connectivity index is 1.24. The van der Waals surface area contributed by atoms with E-state index < -0.39 is 0 Å². The summed E-state index contributed by atoms with van der Waals surface area (Å²) in [6.07, 6.45) is 6.46. The molecule has 1 aliphatic rings. The normalized spacial score (nSPS) is 13.7. The third-order valence-electron chi connectivity index (χ3n) is 12.4. The summed E-state index contributed by atoms with van der Waals surface area (Å²) in [7, 11) is 0. The summed E-state index contributed by atoms with van der Waals surface area (Å²) < 4.78 is 6.59. The largest absolute Gasteiger partial charge is 0.455 e. The molecule has 0 unspecified atom stereocenters. The average molecular weight is 752 g/mol. The number of hydrogen-bond acceptors (Lipinski definition) is 2. The van der Waals surface area contributed by atoms with Crippen LogP contribution in [0.2, 0.25) is 0 Å². The average Bonchev–Trinajstić information content (AvgIpc) is 3.66. The Hall–Kier alpha value is -6.38. The van der Waals surface area contributed by atoms with Crippen LogP contribution in [-0.4, -0.2) is 0 Å². The van der Waals surface area contributed by atoms with Crippen molar-refractivity contribution in [1.29, 1.82) is 0 Å². The van der Waals surface area contributed by atoms with E-state index in [-0.39, 0.29) is 5.41 Å². The van der Waals surface area contributed by atoms with Gasteiger partial charge in [-0.1, -0.05) is 180 Å². The van der Waals surface area contributed by atoms with Crippen LogP contribution >= 0.6 is 0 Å². The summed E-state index contributed by atoms with van der Waals surface area (Å²) in [6.45, 7) is 6.91. The predicted molar refractivity (Wildman–Crippen MR) is 247 cm³/mol. The predicted octanol–water partition coefficient (Wildman–Crippen LogP) is 16.6. The number of furan rings is 1. The number of anilines is 3. The summed E-state index contributed by atoms with van der Waals surface area (Å²) in [4.78, 5) is 2.51. The topological polar surface area (TPSA) is 16.4 Å². The maximum absolute atomic E-state index is 6.59. The van der Waals surface area contributed by atoms with Gasteiger partial charge in [0, 0.05) is 33.2 Å². The molecule has 0 spiro atoms. The molecule has 284 valence electrons. The lowest BCUT2D eigenvalue weighted by Gasteiger charge is -2.32. The van der Waals surface area contributed by atoms with E-state index in [0.717, 1.165) is 50.1 Å². The lowest BCUT2D eigenvalue weighted by Crippen LogP contribution is -2.15. The summed E-state index contributed by atoms with van der Waals surface area (Å²) in [5, 5.41) is 4.97. The van der Waals surface area contributed by atoms with E-state index in [1.54, 1.807) is 0 Å². The minimum Gasteiger partial charge on any atom is -0.455 e. The highest BCUT2D eigenvalue weighted by Gasteiger charge is 2.26. The zero-order valence-corrected chi connectivity index (χ0v) is 33.7. The van der Waals surface area contributed by atoms with Crippen molar-refractivity contribution in [3.8, 4) is 33.4 Å². The molecule has 0 amide bonds. The van der Waals surface area contributed by atoms with E-state index in [4.69, 9.17) is 4.42 Å². The van der Waals surface area contributed by atoms with Crippen LogP contribution in [0, 0.1) is 0 Å². The third kappa shape index (κ3) is 6.47. The van der Waals surface area contributed by atoms with Crippen molar-refractivity contribution < 1.29 is 4.42 Å². The second kappa shape index (κ2) is 14.8. The minimum atomic E-state index is -0.0194. The summed E-state index contributed by atoms with van der Waals surface area (Å²) in [5.74, 6) is 0.578. The van der Waals surface area contributed by atoms with Gasteiger partial charge in [-0.25, -0.2) is 0 Å². The van der Waals surface area contributed by atoms with Gasteiger partial charge in [0.05, 0.1) is 11.4 Å². The maximum atomic E-state index is 6.59. The lowest BCUT2D eigenvalue weighted by molar-refractivity contribution is 0.445. The van der Waals surface area contributed by atoms with Gasteiger partial charge in [0.25, 0.3) is 0 Å². The smallest absolute Gasteiger partial charge is 0.143 e. The zero-order valence-electron chi connectivity index (χ0n) is 33.7. The van der Waals surface area contributed by atoms with E-state index in [1.807, 2.05) is 6.07 Å². The molecule has 8 aromatic carbocycles. The maximum Gasteiger partial charge on any atom is 0.143 e. The highest BCUT2D eigenvalue weighted by atomic mass is 16.3. The first-order valence-corrected chi connectivity index (χ1v) is 21.0. The number of hydrogen-bond donors (Lipinski definition) is 0. The molecule has 0 radical (unpaired) electrons. The van der Waals surface area contributed by atoms with E-state index in [0.29, 0.717) is 5.92 Å². The van der Waals surface area contributed by atoms with Gasteiger partial charge in [0.2, 0.25) is 0 Å². The van der Waals surface area contributed by atoms with Crippen molar-refractivity contribution in [2.75, 3.05) is 4.90 Å². The highest BCUT2D eigenvalue weighted by Crippen LogP contribution is 2.49. The molecule has 1 aromatic heterocycles. The molecule has 2 heteroatoms. The monoisotopic (exact) mass is 751 g/mol. The molecule has 0 atom stereocenters. The zero-order chi connectivity index (χ0) is 39.2. The first kappa shape index (κ1) is 36.0. The molecule has 1 aliphatic carbocycles. The lowest BCUT2D eigenvalue weighted by atomic mass is 9.80. The van der Waals surface area contributed by atoms with Crippen molar-refractivity contribution in [2.45, 2.75) is 64.2 Å². The quantitative estimate of drug-likeness (QED) is 0.161. The van der Waals surface area contributed by atoms with Crippen LogP contribution in [0.1, 0.15) is 69.9 Å². The van der Waals surface area contributed by atoms with Gasteiger partial charge >= 0.3 is 0 Å². The molecule has 9 aromatic rings. The fourth-order valence-corrected chi connectivity index (χ4v) is 9.49. The van der Waals surface area contributed by atoms with Gasteiger partial charge < -0.3 is 9.32 Å². The molecule has 2 nitrogen and oxygen atoms in total. The van der Waals surface area contributed by atoms with Crippen LogP contribution in [0.15, 0.2) is 180 Å². The van der Waals surface area contributed by atoms with Gasteiger partial charge in [-0.05, 0) is 99.2 Å². The van der Waals surface area contributed by atoms with Gasteiger partial charge in [0.1, 0.15) is 11.2 Å². The SMILES string of the molecule is CC(C)(C)c1ccc(N(c2cccc(-c3cccc4c3oc3ccccc34)c2)c2ccccc2-c2cccc3cccc(C4CCCCC4)c23)c(-c2ccccc2)c1. The fourth-order valence-electron chi connectivity index (χ4n) is 9.49. The molecular weight excluding hydrogens is 703 g/mol. The Labute approximate surface area is 342 Å². The highest BCUT2D eigenvalue weighted by molar-refractivity contribution is 6.10. The van der Waals surface area contributed by atoms with Crippen LogP contribution < -0.4 is 4.90 Å². The van der Waals surface area contributed by atoms with Crippen molar-refractivity contribution in [3.05, 3.63) is 187 Å². The van der Waals surface area contributed by atoms with Crippen LogP contribution in [-0.2, 0) is 5.41 Å². The Morgan fingerprint density at radius 3 is 2.00 bits per heavy atom. The molecule has 0 N–H and O–H groups in total. The summed E-state index contributed by atoms with van der Waals surface area (Å²) in [6, 6.07) is 64.8. The van der Waals surface area contributed by atoms with Crippen LogP contribution in [0.5, 0.6) is 0 Å². The van der Waals surface area contributed by atoms with Gasteiger partial charge in [-0.2, -0.15) is 0 Å². The first-order chi connectivity index (χ1) is 28.4. The van der Waals surface area contributed by atoms with E-state index in [9.17, 15) is 0 Å². The van der Waals surface area contributed by atoms with Crippen LogP contribution in [0.4, 0.5) is 17.1 Å². The van der Waals surface area contributed by atoms with Gasteiger partial charge in [-0.15, -0.1) is 0 Å². The van der Waals surface area contributed by atoms with Gasteiger partial charge in [0.15, 0.2) is 0 Å². The first-order valence-electron chi connectivity index (χ1n) is 21.0. The molecule has 0 bridgehead atoms. The second-order valence-corrected chi connectivity index (χ2v) is 17.1. The Kier molecular flexibility index (Phi) is 9.21. The van der Waals surface area contributed by atoms with E-state index in [1.165, 1.54) is 76.3 Å². The number of para-hydroxylation sites is 3. The third-order valence-corrected chi connectivity index (χ3v) is 12.4. The Morgan fingerprint density at radius 2 is 1.16 bits per heavy atom. The second-order valence-electron chi connectivity index (χ2n) is 17.1. The number of nitrogens with zero attached hydrogens (tertiary/aromatic N) is 1. The van der Waals surface area contributed by atoms with Crippen molar-refractivity contribution >= 4 is 49.8 Å². The molecule has 0 aliphatic heterocycles. The standard InChI is InChI=1S/C56H49NO/c1-56(2,3)42-34-35-52(50(37-42)39-20-8-5-9-21-39)57(43-25-14-24-41(36-43)45-29-17-31-49-47-27-11-13-33-53(47)58-55(45)49)51-32-12-10-26-46(51)48-30-16-23-40-22-15-28-44(54(40)48)38-18-6-4-7-19-38/h5,8-17,20-38H,4,6-7,18-19H2,1-3H3. The van der Waals surface area contributed by atoms with Crippen molar-refractivity contribution in [2.24, 2.45) is 0 Å². The molecule has 1 saturated carbocycles. The number of benzene rings is 8. The Bertz CT molecular complexity index is 2920. The molecule has 0 saturated heterocycles. The molecular formula is C56H49NO. The Morgan fingerprint density at radius 1 is 0.500 bits per heavy atom. The van der Waals surface area contributed by atoms with Gasteiger partial charge in [-0.3, -0.25) is 0 Å². The molecule has 58 heavy (non-hydrogen) atoms. The van der Waals surface area contributed by atoms with Crippen molar-refractivity contribution in [1.82, 2.24) is 0 Å². The number of rotatable bonds is 7. The van der Waals surface area contributed by atoms with Crippen LogP contribution in [0.25, 0.3) is 66.1 Å². The van der Waals surface area contributed by atoms with Crippen LogP contribution in [0.3, 0.4) is 0 Å². The molecule has 1 heterocycles. The molecule has 1 fully saturated rings. The van der Waals surface area contributed by atoms with E-state index >= 15 is 0 Å².